The van der Waals surface area contributed by atoms with Gasteiger partial charge in [0.05, 0.1) is 13.2 Å². The second-order valence-electron chi connectivity index (χ2n) is 12.3. The number of ether oxygens (including phenoxy) is 1. The molecule has 2 aromatic rings. The fourth-order valence-electron chi connectivity index (χ4n) is 4.17. The highest BCUT2D eigenvalue weighted by Gasteiger charge is 2.39. The lowest BCUT2D eigenvalue weighted by atomic mass is 9.85. The average molecular weight is 733 g/mol. The van der Waals surface area contributed by atoms with Crippen molar-refractivity contribution in [2.45, 2.75) is 121 Å². The Morgan fingerprint density at radius 2 is 1.21 bits per heavy atom. The van der Waals surface area contributed by atoms with Gasteiger partial charge in [0.1, 0.15) is 12.1 Å². The standard InChI is InChI=1S/C20H38N4O5.2C7H9N.C3H8.2C2H6/c1-9-15(18(27)29-8)24(10-2)17(26)16(20(5,6)7)23-19(28)22-14(13(3)4)11-21-12-25;2*1-8-7-5-3-2-4-6-7;1-3-2;2*1-2/h12-16H,9-11H2,1-8H3,(H,21,25)(H2,22,23,28);2*2-6,8H,1H3;3H2,1-2H3;2*1-2H3. The maximum atomic E-state index is 13.3. The molecule has 0 heterocycles. The number of likely N-dealkylation sites (N-methyl/N-ethyl adjacent to an activating group) is 1. The maximum absolute atomic E-state index is 13.3. The molecule has 0 radical (unpaired) electrons. The number of hydrogen-bond acceptors (Lipinski definition) is 7. The molecule has 0 spiro atoms. The van der Waals surface area contributed by atoms with Crippen molar-refractivity contribution < 1.29 is 23.9 Å². The molecule has 5 N–H and O–H groups in total. The van der Waals surface area contributed by atoms with Crippen LogP contribution in [0, 0.1) is 11.3 Å². The van der Waals surface area contributed by atoms with Gasteiger partial charge in [0.2, 0.25) is 12.3 Å². The van der Waals surface area contributed by atoms with Crippen molar-refractivity contribution in [3.8, 4) is 0 Å². The number of hydrogen-bond donors (Lipinski definition) is 5. The summed E-state index contributed by atoms with van der Waals surface area (Å²) in [6.45, 7) is 25.8. The second kappa shape index (κ2) is 35.1. The zero-order chi connectivity index (χ0) is 41.1. The Morgan fingerprint density at radius 1 is 0.788 bits per heavy atom. The largest absolute Gasteiger partial charge is 0.467 e. The predicted octanol–water partition coefficient (Wildman–Crippen LogP) is 8.20. The van der Waals surface area contributed by atoms with Crippen LogP contribution in [0.3, 0.4) is 0 Å². The summed E-state index contributed by atoms with van der Waals surface area (Å²) in [7, 11) is 5.11. The third kappa shape index (κ3) is 25.6. The fraction of sp³-hybridized carbons (Fsp3) is 0.610. The van der Waals surface area contributed by atoms with Crippen molar-refractivity contribution in [2.75, 3.05) is 44.9 Å². The van der Waals surface area contributed by atoms with Crippen LogP contribution >= 0.6 is 0 Å². The topological polar surface area (TPSA) is 141 Å². The minimum atomic E-state index is -0.854. The first-order valence-corrected chi connectivity index (χ1v) is 18.8. The molecule has 11 nitrogen and oxygen atoms in total. The third-order valence-electron chi connectivity index (χ3n) is 6.92. The van der Waals surface area contributed by atoms with Gasteiger partial charge < -0.3 is 36.2 Å². The number of anilines is 2. The van der Waals surface area contributed by atoms with E-state index in [-0.39, 0.29) is 24.4 Å². The van der Waals surface area contributed by atoms with Crippen molar-refractivity contribution in [3.63, 3.8) is 0 Å². The summed E-state index contributed by atoms with van der Waals surface area (Å²) in [4.78, 5) is 50.0. The number of para-hydroxylation sites is 2. The van der Waals surface area contributed by atoms with Crippen molar-refractivity contribution in [2.24, 2.45) is 11.3 Å². The van der Waals surface area contributed by atoms with Gasteiger partial charge in [-0.25, -0.2) is 9.59 Å². The van der Waals surface area contributed by atoms with Crippen LogP contribution in [0.2, 0.25) is 0 Å². The lowest BCUT2D eigenvalue weighted by molar-refractivity contribution is -0.154. The number of esters is 1. The molecule has 3 atom stereocenters. The molecule has 52 heavy (non-hydrogen) atoms. The van der Waals surface area contributed by atoms with Gasteiger partial charge in [0.15, 0.2) is 0 Å². The van der Waals surface area contributed by atoms with E-state index in [2.05, 4.69) is 40.4 Å². The number of carbonyl (C=O) groups is 4. The molecular formula is C41H76N6O5. The average Bonchev–Trinajstić information content (AvgIpc) is 3.16. The highest BCUT2D eigenvalue weighted by molar-refractivity contribution is 5.91. The van der Waals surface area contributed by atoms with Crippen molar-refractivity contribution in [1.82, 2.24) is 20.9 Å². The molecule has 0 fully saturated rings. The van der Waals surface area contributed by atoms with E-state index in [0.29, 0.717) is 19.4 Å². The number of urea groups is 1. The van der Waals surface area contributed by atoms with Crippen molar-refractivity contribution in [3.05, 3.63) is 60.7 Å². The maximum Gasteiger partial charge on any atom is 0.328 e. The van der Waals surface area contributed by atoms with Crippen LogP contribution in [0.1, 0.15) is 103 Å². The Labute approximate surface area is 317 Å². The number of rotatable bonds is 13. The molecule has 300 valence electrons. The zero-order valence-electron chi connectivity index (χ0n) is 35.5. The Hall–Kier alpha value is -4.28. The van der Waals surface area contributed by atoms with Gasteiger partial charge in [0, 0.05) is 38.6 Å². The number of benzene rings is 2. The quantitative estimate of drug-likeness (QED) is 0.103. The first-order valence-electron chi connectivity index (χ1n) is 18.8. The van der Waals surface area contributed by atoms with E-state index in [1.54, 1.807) is 13.8 Å². The predicted molar refractivity (Wildman–Crippen MR) is 222 cm³/mol. The van der Waals surface area contributed by atoms with E-state index in [0.717, 1.165) is 11.4 Å². The van der Waals surface area contributed by atoms with Crippen molar-refractivity contribution in [1.29, 1.82) is 0 Å². The number of carbonyl (C=O) groups excluding carboxylic acids is 4. The van der Waals surface area contributed by atoms with Crippen LogP contribution < -0.4 is 26.6 Å². The van der Waals surface area contributed by atoms with Crippen LogP contribution in [0.25, 0.3) is 0 Å². The molecule has 0 aliphatic heterocycles. The third-order valence-corrected chi connectivity index (χ3v) is 6.92. The summed E-state index contributed by atoms with van der Waals surface area (Å²) in [5, 5.41) is 14.2. The first-order chi connectivity index (χ1) is 24.7. The van der Waals surface area contributed by atoms with Crippen LogP contribution in [0.15, 0.2) is 60.7 Å². The molecule has 4 amide bonds. The molecule has 0 saturated heterocycles. The molecule has 0 bridgehead atoms. The Morgan fingerprint density at radius 3 is 1.48 bits per heavy atom. The summed E-state index contributed by atoms with van der Waals surface area (Å²) >= 11 is 0. The summed E-state index contributed by atoms with van der Waals surface area (Å²) in [5.41, 5.74) is 1.73. The monoisotopic (exact) mass is 733 g/mol. The minimum Gasteiger partial charge on any atom is -0.467 e. The number of nitrogens with one attached hydrogen (secondary N) is 5. The number of nitrogens with zero attached hydrogens (tertiary/aromatic N) is 1. The molecule has 11 heteroatoms. The molecule has 2 rings (SSSR count). The van der Waals surface area contributed by atoms with E-state index < -0.39 is 29.5 Å². The van der Waals surface area contributed by atoms with Gasteiger partial charge >= 0.3 is 12.0 Å². The van der Waals surface area contributed by atoms with E-state index in [1.165, 1.54) is 18.4 Å². The van der Waals surface area contributed by atoms with Crippen LogP contribution in [-0.4, -0.2) is 81.6 Å². The molecule has 0 aliphatic carbocycles. The summed E-state index contributed by atoms with van der Waals surface area (Å²) < 4.78 is 4.83. The molecule has 0 aliphatic rings. The Kier molecular flexibility index (Phi) is 36.8. The van der Waals surface area contributed by atoms with Gasteiger partial charge in [-0.1, -0.05) is 126 Å². The molecule has 3 unspecified atom stereocenters. The first kappa shape index (κ1) is 54.5. The van der Waals surface area contributed by atoms with Crippen LogP contribution in [0.4, 0.5) is 16.2 Å². The molecule has 0 saturated carbocycles. The summed E-state index contributed by atoms with van der Waals surface area (Å²) in [6.07, 6.45) is 2.23. The molecular weight excluding hydrogens is 656 g/mol. The smallest absolute Gasteiger partial charge is 0.328 e. The highest BCUT2D eigenvalue weighted by Crippen LogP contribution is 2.23. The van der Waals surface area contributed by atoms with E-state index in [4.69, 9.17) is 4.74 Å². The Balaban J connectivity index is -0.000000399. The van der Waals surface area contributed by atoms with Gasteiger partial charge in [-0.3, -0.25) is 9.59 Å². The van der Waals surface area contributed by atoms with Crippen LogP contribution in [-0.2, 0) is 19.1 Å². The lowest BCUT2D eigenvalue weighted by Crippen LogP contribution is -2.60. The van der Waals surface area contributed by atoms with Gasteiger partial charge in [0.25, 0.3) is 0 Å². The lowest BCUT2D eigenvalue weighted by Gasteiger charge is -2.37. The zero-order valence-corrected chi connectivity index (χ0v) is 35.5. The van der Waals surface area contributed by atoms with E-state index in [9.17, 15) is 19.2 Å². The molecule has 0 aromatic heterocycles. The number of amides is 4. The van der Waals surface area contributed by atoms with E-state index >= 15 is 0 Å². The van der Waals surface area contributed by atoms with Crippen LogP contribution in [0.5, 0.6) is 0 Å². The van der Waals surface area contributed by atoms with Gasteiger partial charge in [-0.05, 0) is 48.9 Å². The second-order valence-corrected chi connectivity index (χ2v) is 12.3. The summed E-state index contributed by atoms with van der Waals surface area (Å²) in [6, 6.07) is 17.8. The number of methoxy groups -OCH3 is 1. The SMILES string of the molecule is CC.CC.CCC.CCC(C(=O)OC)N(CC)C(=O)C(NC(=O)NC(CNC=O)C(C)C)C(C)(C)C.CNc1ccccc1.CNc1ccccc1. The molecule has 2 aromatic carbocycles. The highest BCUT2D eigenvalue weighted by atomic mass is 16.5. The minimum absolute atomic E-state index is 0.0768. The van der Waals surface area contributed by atoms with Gasteiger partial charge in [-0.15, -0.1) is 0 Å². The van der Waals surface area contributed by atoms with Crippen molar-refractivity contribution >= 4 is 35.7 Å². The van der Waals surface area contributed by atoms with E-state index in [1.807, 2.05) is 137 Å². The summed E-state index contributed by atoms with van der Waals surface area (Å²) in [5.74, 6) is -0.757. The Bertz CT molecular complexity index is 1090. The normalized spacial score (nSPS) is 11.2. The fourth-order valence-corrected chi connectivity index (χ4v) is 4.17. The van der Waals surface area contributed by atoms with Gasteiger partial charge in [-0.2, -0.15) is 0 Å².